The molecule has 1 aliphatic rings. The van der Waals surface area contributed by atoms with Crippen LogP contribution in [0, 0.1) is 6.92 Å². The van der Waals surface area contributed by atoms with Crippen molar-refractivity contribution < 1.29 is 14.4 Å². The van der Waals surface area contributed by atoms with Crippen LogP contribution in [0.15, 0.2) is 72.4 Å². The van der Waals surface area contributed by atoms with Gasteiger partial charge in [-0.3, -0.25) is 14.9 Å². The van der Waals surface area contributed by atoms with Crippen molar-refractivity contribution in [2.75, 3.05) is 4.90 Å². The molecule has 0 spiro atoms. The average Bonchev–Trinajstić information content (AvgIpc) is 3.18. The molecule has 4 aromatic rings. The number of urea groups is 1. The molecule has 180 valence electrons. The van der Waals surface area contributed by atoms with Crippen molar-refractivity contribution in [3.63, 3.8) is 0 Å². The maximum Gasteiger partial charge on any atom is 0.335 e. The lowest BCUT2D eigenvalue weighted by Gasteiger charge is -2.26. The fourth-order valence-electron chi connectivity index (χ4n) is 4.12. The second-order valence-corrected chi connectivity index (χ2v) is 9.61. The predicted octanol–water partition coefficient (Wildman–Crippen LogP) is 6.62. The number of para-hydroxylation sites is 1. The molecule has 0 saturated carbocycles. The third-order valence-corrected chi connectivity index (χ3v) is 6.98. The van der Waals surface area contributed by atoms with Gasteiger partial charge in [0.1, 0.15) is 5.57 Å². The number of fused-ring (bicyclic) bond motifs is 1. The average molecular weight is 539 g/mol. The van der Waals surface area contributed by atoms with Gasteiger partial charge < -0.3 is 4.57 Å². The zero-order chi connectivity index (χ0) is 25.6. The first-order valence-electron chi connectivity index (χ1n) is 10.9. The van der Waals surface area contributed by atoms with Crippen LogP contribution in [0.3, 0.4) is 0 Å². The van der Waals surface area contributed by atoms with Gasteiger partial charge in [0, 0.05) is 44.3 Å². The zero-order valence-electron chi connectivity index (χ0n) is 18.9. The van der Waals surface area contributed by atoms with Gasteiger partial charge in [-0.1, -0.05) is 65.1 Å². The van der Waals surface area contributed by atoms with Crippen molar-refractivity contribution in [3.8, 4) is 0 Å². The van der Waals surface area contributed by atoms with Crippen LogP contribution in [0.4, 0.5) is 10.5 Å². The van der Waals surface area contributed by atoms with E-state index in [4.69, 9.17) is 34.8 Å². The van der Waals surface area contributed by atoms with Crippen LogP contribution in [-0.2, 0) is 16.1 Å². The maximum atomic E-state index is 13.4. The molecule has 4 amide bonds. The summed E-state index contributed by atoms with van der Waals surface area (Å²) in [4.78, 5) is 39.5. The molecule has 1 aliphatic heterocycles. The molecule has 9 heteroatoms. The Hall–Kier alpha value is -3.58. The number of hydrogen-bond donors (Lipinski definition) is 1. The summed E-state index contributed by atoms with van der Waals surface area (Å²) in [5.74, 6) is -1.50. The molecule has 3 aromatic carbocycles. The second kappa shape index (κ2) is 9.47. The lowest BCUT2D eigenvalue weighted by Crippen LogP contribution is -2.54. The van der Waals surface area contributed by atoms with E-state index in [1.165, 1.54) is 12.1 Å². The van der Waals surface area contributed by atoms with E-state index in [9.17, 15) is 14.4 Å². The van der Waals surface area contributed by atoms with Gasteiger partial charge in [0.05, 0.1) is 5.69 Å². The van der Waals surface area contributed by atoms with Gasteiger partial charge >= 0.3 is 6.03 Å². The minimum Gasteiger partial charge on any atom is -0.342 e. The summed E-state index contributed by atoms with van der Waals surface area (Å²) in [6, 6.07) is 16.9. The predicted molar refractivity (Wildman–Crippen MR) is 143 cm³/mol. The third-order valence-electron chi connectivity index (χ3n) is 5.99. The van der Waals surface area contributed by atoms with E-state index in [0.717, 1.165) is 26.9 Å². The van der Waals surface area contributed by atoms with Gasteiger partial charge in [0.25, 0.3) is 11.8 Å². The summed E-state index contributed by atoms with van der Waals surface area (Å²) in [6.07, 6.45) is 3.34. The van der Waals surface area contributed by atoms with E-state index in [2.05, 4.69) is 5.32 Å². The normalized spacial score (nSPS) is 15.2. The first kappa shape index (κ1) is 24.1. The number of hydrogen-bond acceptors (Lipinski definition) is 3. The third kappa shape index (κ3) is 4.39. The number of aryl methyl sites for hydroxylation is 1. The van der Waals surface area contributed by atoms with Gasteiger partial charge in [0.15, 0.2) is 0 Å². The van der Waals surface area contributed by atoms with E-state index >= 15 is 0 Å². The SMILES string of the molecule is Cc1ccc(N2C(=O)NC(=O)C(=Cc3cn(Cc4ccc(Cl)cc4Cl)c4ccccc34)C2=O)cc1Cl. The largest absolute Gasteiger partial charge is 0.342 e. The highest BCUT2D eigenvalue weighted by atomic mass is 35.5. The second-order valence-electron chi connectivity index (χ2n) is 8.36. The molecule has 36 heavy (non-hydrogen) atoms. The Kier molecular flexibility index (Phi) is 6.35. The molecule has 2 heterocycles. The molecule has 0 bridgehead atoms. The number of carbonyl (C=O) groups excluding carboxylic acids is 3. The fraction of sp³-hybridized carbons (Fsp3) is 0.0741. The van der Waals surface area contributed by atoms with Crippen LogP contribution in [0.1, 0.15) is 16.7 Å². The first-order chi connectivity index (χ1) is 17.2. The van der Waals surface area contributed by atoms with Crippen molar-refractivity contribution in [3.05, 3.63) is 104 Å². The number of imide groups is 2. The van der Waals surface area contributed by atoms with Crippen molar-refractivity contribution in [2.45, 2.75) is 13.5 Å². The Bertz CT molecular complexity index is 1610. The Balaban J connectivity index is 1.57. The Morgan fingerprint density at radius 2 is 1.69 bits per heavy atom. The van der Waals surface area contributed by atoms with E-state index in [1.54, 1.807) is 24.3 Å². The van der Waals surface area contributed by atoms with Gasteiger partial charge in [-0.25, -0.2) is 9.69 Å². The highest BCUT2D eigenvalue weighted by molar-refractivity contribution is 6.40. The monoisotopic (exact) mass is 537 g/mol. The quantitative estimate of drug-likeness (QED) is 0.234. The smallest absolute Gasteiger partial charge is 0.335 e. The number of nitrogens with one attached hydrogen (secondary N) is 1. The van der Waals surface area contributed by atoms with Gasteiger partial charge in [0.2, 0.25) is 0 Å². The Morgan fingerprint density at radius 3 is 2.44 bits per heavy atom. The van der Waals surface area contributed by atoms with Crippen LogP contribution in [-0.4, -0.2) is 22.4 Å². The highest BCUT2D eigenvalue weighted by Gasteiger charge is 2.37. The van der Waals surface area contributed by atoms with Crippen LogP contribution < -0.4 is 10.2 Å². The van der Waals surface area contributed by atoms with Crippen molar-refractivity contribution in [2.24, 2.45) is 0 Å². The number of rotatable bonds is 4. The Morgan fingerprint density at radius 1 is 0.917 bits per heavy atom. The lowest BCUT2D eigenvalue weighted by molar-refractivity contribution is -0.122. The fourth-order valence-corrected chi connectivity index (χ4v) is 4.77. The molecule has 0 atom stereocenters. The van der Waals surface area contributed by atoms with Crippen molar-refractivity contribution in [1.82, 2.24) is 9.88 Å². The molecule has 1 fully saturated rings. The summed E-state index contributed by atoms with van der Waals surface area (Å²) in [5, 5.41) is 4.56. The topological polar surface area (TPSA) is 71.4 Å². The van der Waals surface area contributed by atoms with Crippen molar-refractivity contribution >= 4 is 75.3 Å². The zero-order valence-corrected chi connectivity index (χ0v) is 21.2. The number of barbiturate groups is 1. The van der Waals surface area contributed by atoms with E-state index in [-0.39, 0.29) is 11.3 Å². The minimum absolute atomic E-state index is 0.168. The summed E-state index contributed by atoms with van der Waals surface area (Å²) < 4.78 is 1.98. The molecule has 0 radical (unpaired) electrons. The number of halogens is 3. The molecule has 1 N–H and O–H groups in total. The molecule has 5 rings (SSSR count). The number of carbonyl (C=O) groups is 3. The minimum atomic E-state index is -0.832. The summed E-state index contributed by atoms with van der Waals surface area (Å²) in [5.41, 5.74) is 3.29. The molecule has 1 saturated heterocycles. The van der Waals surface area contributed by atoms with Crippen LogP contribution in [0.25, 0.3) is 17.0 Å². The number of benzene rings is 3. The number of anilines is 1. The first-order valence-corrected chi connectivity index (χ1v) is 12.1. The molecule has 1 aromatic heterocycles. The van der Waals surface area contributed by atoms with Gasteiger partial charge in [-0.15, -0.1) is 0 Å². The number of amides is 4. The van der Waals surface area contributed by atoms with Crippen LogP contribution in [0.5, 0.6) is 0 Å². The van der Waals surface area contributed by atoms with E-state index in [1.807, 2.05) is 48.0 Å². The van der Waals surface area contributed by atoms with Crippen LogP contribution >= 0.6 is 34.8 Å². The Labute approximate surface area is 221 Å². The van der Waals surface area contributed by atoms with E-state index < -0.39 is 17.8 Å². The molecule has 0 unspecified atom stereocenters. The van der Waals surface area contributed by atoms with Crippen molar-refractivity contribution in [1.29, 1.82) is 0 Å². The number of nitrogens with zero attached hydrogens (tertiary/aromatic N) is 2. The molecular weight excluding hydrogens is 521 g/mol. The van der Waals surface area contributed by atoms with E-state index in [0.29, 0.717) is 27.2 Å². The summed E-state index contributed by atoms with van der Waals surface area (Å²) >= 11 is 18.6. The number of aromatic nitrogens is 1. The molecule has 0 aliphatic carbocycles. The van der Waals surface area contributed by atoms with Crippen LogP contribution in [0.2, 0.25) is 15.1 Å². The maximum absolute atomic E-state index is 13.4. The summed E-state index contributed by atoms with van der Waals surface area (Å²) in [6.45, 7) is 2.26. The molecule has 6 nitrogen and oxygen atoms in total. The highest BCUT2D eigenvalue weighted by Crippen LogP contribution is 2.30. The van der Waals surface area contributed by atoms with Gasteiger partial charge in [-0.2, -0.15) is 0 Å². The lowest BCUT2D eigenvalue weighted by atomic mass is 10.1. The van der Waals surface area contributed by atoms with Gasteiger partial charge in [-0.05, 0) is 54.5 Å². The summed E-state index contributed by atoms with van der Waals surface area (Å²) in [7, 11) is 0. The molecular formula is C27H18Cl3N3O3. The standard InChI is InChI=1S/C27H18Cl3N3O3/c1-15-6-9-19(12-22(15)29)33-26(35)21(25(34)31-27(33)36)10-17-14-32(24-5-3-2-4-20(17)24)13-16-7-8-18(28)11-23(16)30/h2-12,14H,13H2,1H3,(H,31,34,36).